The number of pyridine rings is 1. The molecule has 8 heavy (non-hydrogen) atoms. The third-order valence-electron chi connectivity index (χ3n) is 0.726. The number of hydrogen-bond donors (Lipinski definition) is 0. The van der Waals surface area contributed by atoms with Crippen LogP contribution in [0.15, 0.2) is 24.4 Å². The van der Waals surface area contributed by atoms with Crippen molar-refractivity contribution >= 4 is 0 Å². The maximum Gasteiger partial charge on any atom is 0.0222 e. The summed E-state index contributed by atoms with van der Waals surface area (Å²) >= 11 is 0. The normalized spacial score (nSPS) is 7.50. The molecule has 0 bridgehead atoms. The molecule has 0 spiro atoms. The molecule has 1 aromatic heterocycles. The zero-order valence-electron chi connectivity index (χ0n) is 4.30. The minimum absolute atomic E-state index is 0. The molecule has 0 aliphatic rings. The Balaban J connectivity index is 0.000000490. The summed E-state index contributed by atoms with van der Waals surface area (Å²) in [5.74, 6) is 0. The van der Waals surface area contributed by atoms with Crippen molar-refractivity contribution in [1.82, 2.24) is 4.98 Å². The Labute approximate surface area is 62.5 Å². The Hall–Kier alpha value is -0.331. The van der Waals surface area contributed by atoms with Crippen molar-refractivity contribution in [3.8, 4) is 0 Å². The van der Waals surface area contributed by atoms with Crippen LogP contribution in [-0.4, -0.2) is 4.98 Å². The zero-order chi connectivity index (χ0) is 5.11. The van der Waals surface area contributed by atoms with Gasteiger partial charge in [0.25, 0.3) is 0 Å². The van der Waals surface area contributed by atoms with Gasteiger partial charge < -0.3 is 0 Å². The van der Waals surface area contributed by atoms with E-state index in [1.807, 2.05) is 18.2 Å². The van der Waals surface area contributed by atoms with Crippen molar-refractivity contribution in [3.63, 3.8) is 0 Å². The molecule has 0 unspecified atom stereocenters. The molecule has 0 aliphatic heterocycles. The van der Waals surface area contributed by atoms with Crippen LogP contribution < -0.4 is 0 Å². The molecule has 0 saturated heterocycles. The first-order valence-corrected chi connectivity index (χ1v) is 2.12. The van der Waals surface area contributed by atoms with E-state index in [2.05, 4.69) is 11.9 Å². The molecule has 0 atom stereocenters. The Kier molecular flexibility index (Phi) is 3.49. The predicted molar refractivity (Wildman–Crippen MR) is 28.7 cm³/mol. The third kappa shape index (κ3) is 2.10. The smallest absolute Gasteiger partial charge is 0.0222 e. The fraction of sp³-hybridized carbons (Fsp3) is 0. The van der Waals surface area contributed by atoms with Gasteiger partial charge in [-0.1, -0.05) is 6.07 Å². The van der Waals surface area contributed by atoms with Crippen LogP contribution in [0.4, 0.5) is 0 Å². The first-order chi connectivity index (χ1) is 3.39. The summed E-state index contributed by atoms with van der Waals surface area (Å²) in [5, 5.41) is 0. The van der Waals surface area contributed by atoms with Crippen LogP contribution in [0.2, 0.25) is 0 Å². The van der Waals surface area contributed by atoms with E-state index in [0.717, 1.165) is 5.69 Å². The van der Waals surface area contributed by atoms with Crippen LogP contribution in [0.5, 0.6) is 0 Å². The fourth-order valence-electron chi connectivity index (χ4n) is 0.398. The van der Waals surface area contributed by atoms with Gasteiger partial charge in [-0.05, 0) is 0 Å². The summed E-state index contributed by atoms with van der Waals surface area (Å²) < 4.78 is 0. The summed E-state index contributed by atoms with van der Waals surface area (Å²) in [7, 11) is 0. The van der Waals surface area contributed by atoms with Gasteiger partial charge in [-0.2, -0.15) is 6.07 Å². The Morgan fingerprint density at radius 1 is 1.38 bits per heavy atom. The van der Waals surface area contributed by atoms with Crippen molar-refractivity contribution in [2.45, 2.75) is 0 Å². The Morgan fingerprint density at radius 3 is 2.38 bits per heavy atom. The second-order valence-corrected chi connectivity index (χ2v) is 1.32. The van der Waals surface area contributed by atoms with E-state index >= 15 is 0 Å². The molecule has 0 aliphatic carbocycles. The van der Waals surface area contributed by atoms with Gasteiger partial charge in [0.05, 0.1) is 0 Å². The molecule has 1 radical (unpaired) electrons. The third-order valence-corrected chi connectivity index (χ3v) is 0.726. The summed E-state index contributed by atoms with van der Waals surface area (Å²) in [4.78, 5) is 3.87. The zero-order valence-corrected chi connectivity index (χ0v) is 6.69. The van der Waals surface area contributed by atoms with E-state index in [1.165, 1.54) is 0 Å². The van der Waals surface area contributed by atoms with Gasteiger partial charge in [0.15, 0.2) is 0 Å². The molecule has 2 heteroatoms. The molecule has 0 saturated carbocycles. The van der Waals surface area contributed by atoms with Gasteiger partial charge in [-0.25, -0.2) is 6.92 Å². The molecule has 1 aromatic rings. The van der Waals surface area contributed by atoms with Crippen molar-refractivity contribution in [1.29, 1.82) is 0 Å². The quantitative estimate of drug-likeness (QED) is 0.654. The van der Waals surface area contributed by atoms with Crippen molar-refractivity contribution < 1.29 is 20.1 Å². The Morgan fingerprint density at radius 2 is 2.12 bits per heavy atom. The second-order valence-electron chi connectivity index (χ2n) is 1.32. The summed E-state index contributed by atoms with van der Waals surface area (Å²) in [5.41, 5.74) is 0.822. The van der Waals surface area contributed by atoms with E-state index in [0.29, 0.717) is 0 Å². The molecule has 1 rings (SSSR count). The maximum absolute atomic E-state index is 3.87. The van der Waals surface area contributed by atoms with Crippen LogP contribution in [0, 0.1) is 6.92 Å². The van der Waals surface area contributed by atoms with Gasteiger partial charge in [0.1, 0.15) is 0 Å². The van der Waals surface area contributed by atoms with E-state index in [1.54, 1.807) is 6.20 Å². The summed E-state index contributed by atoms with van der Waals surface area (Å²) in [6.07, 6.45) is 1.72. The van der Waals surface area contributed by atoms with Crippen LogP contribution in [0.1, 0.15) is 5.69 Å². The summed E-state index contributed by atoms with van der Waals surface area (Å²) in [6.45, 7) is 3.61. The van der Waals surface area contributed by atoms with E-state index in [-0.39, 0.29) is 20.1 Å². The van der Waals surface area contributed by atoms with Gasteiger partial charge in [-0.15, -0.1) is 11.8 Å². The van der Waals surface area contributed by atoms with Gasteiger partial charge >= 0.3 is 0 Å². The predicted octanol–water partition coefficient (Wildman–Crippen LogP) is 1.26. The van der Waals surface area contributed by atoms with Crippen molar-refractivity contribution in [2.24, 2.45) is 0 Å². The fourth-order valence-corrected chi connectivity index (χ4v) is 0.398. The number of nitrogens with zero attached hydrogens (tertiary/aromatic N) is 1. The number of rotatable bonds is 0. The molecule has 45 valence electrons. The molecule has 1 heterocycles. The summed E-state index contributed by atoms with van der Waals surface area (Å²) in [6, 6.07) is 5.64. The monoisotopic (exact) mass is 285 g/mol. The standard InChI is InChI=1S/C6H6N.Ir/c1-6-4-2-3-5-7-6;/h2-5H,1H2;/q-1;. The van der Waals surface area contributed by atoms with Crippen molar-refractivity contribution in [2.75, 3.05) is 0 Å². The largest absolute Gasteiger partial charge is 0.296 e. The van der Waals surface area contributed by atoms with Gasteiger partial charge in [0.2, 0.25) is 0 Å². The van der Waals surface area contributed by atoms with Crippen LogP contribution in [0.25, 0.3) is 0 Å². The van der Waals surface area contributed by atoms with E-state index < -0.39 is 0 Å². The maximum atomic E-state index is 3.87. The second kappa shape index (κ2) is 3.64. The van der Waals surface area contributed by atoms with E-state index in [4.69, 9.17) is 0 Å². The molecule has 0 fully saturated rings. The average Bonchev–Trinajstić information content (AvgIpc) is 1.69. The average molecular weight is 284 g/mol. The molecule has 1 nitrogen and oxygen atoms in total. The topological polar surface area (TPSA) is 12.9 Å². The molecule has 0 aromatic carbocycles. The van der Waals surface area contributed by atoms with Crippen LogP contribution in [-0.2, 0) is 20.1 Å². The Bertz CT molecular complexity index is 138. The molecular weight excluding hydrogens is 278 g/mol. The minimum Gasteiger partial charge on any atom is -0.296 e. The van der Waals surface area contributed by atoms with Crippen molar-refractivity contribution in [3.05, 3.63) is 37.0 Å². The van der Waals surface area contributed by atoms with Crippen LogP contribution >= 0.6 is 0 Å². The number of hydrogen-bond acceptors (Lipinski definition) is 1. The first kappa shape index (κ1) is 7.67. The first-order valence-electron chi connectivity index (χ1n) is 2.12. The molecular formula is C6H6IrN-. The van der Waals surface area contributed by atoms with Gasteiger partial charge in [-0.3, -0.25) is 4.98 Å². The molecule has 0 amide bonds. The van der Waals surface area contributed by atoms with Crippen LogP contribution in [0.3, 0.4) is 0 Å². The van der Waals surface area contributed by atoms with E-state index in [9.17, 15) is 0 Å². The SMILES string of the molecule is [CH2-]c1ccccn1.[Ir]. The minimum atomic E-state index is 0. The number of aromatic nitrogens is 1. The molecule has 0 N–H and O–H groups in total. The van der Waals surface area contributed by atoms with Gasteiger partial charge in [0, 0.05) is 26.3 Å².